The van der Waals surface area contributed by atoms with Gasteiger partial charge in [-0.05, 0) is 31.8 Å². The number of aromatic nitrogens is 2. The summed E-state index contributed by atoms with van der Waals surface area (Å²) in [6.07, 6.45) is 0. The molecule has 0 spiro atoms. The highest BCUT2D eigenvalue weighted by Crippen LogP contribution is 2.27. The van der Waals surface area contributed by atoms with E-state index in [2.05, 4.69) is 14.9 Å². The molecule has 1 aromatic heterocycles. The zero-order chi connectivity index (χ0) is 18.0. The molecule has 1 heterocycles. The van der Waals surface area contributed by atoms with Gasteiger partial charge in [0.1, 0.15) is 11.5 Å². The fourth-order valence-electron chi connectivity index (χ4n) is 2.61. The number of carboxylic acids is 1. The van der Waals surface area contributed by atoms with E-state index in [1.54, 1.807) is 24.3 Å². The molecule has 5 nitrogen and oxygen atoms in total. The van der Waals surface area contributed by atoms with Crippen LogP contribution in [0.3, 0.4) is 0 Å². The van der Waals surface area contributed by atoms with Gasteiger partial charge in [0.25, 0.3) is 0 Å². The SMILES string of the molecule is CN(C)Cc1ccc(-c2nc(-c3ccc(Cl)cc3)c(C(=O)O)[nH]2)cc1. The van der Waals surface area contributed by atoms with Gasteiger partial charge in [-0.3, -0.25) is 0 Å². The number of nitrogens with one attached hydrogen (secondary N) is 1. The molecular weight excluding hydrogens is 338 g/mol. The molecule has 0 aliphatic rings. The number of H-pyrrole nitrogens is 1. The molecule has 0 fully saturated rings. The van der Waals surface area contributed by atoms with Crippen molar-refractivity contribution in [2.24, 2.45) is 0 Å². The van der Waals surface area contributed by atoms with Gasteiger partial charge in [-0.15, -0.1) is 0 Å². The number of carboxylic acid groups (broad SMARTS) is 1. The molecule has 0 saturated carbocycles. The Labute approximate surface area is 150 Å². The second-order valence-corrected chi connectivity index (χ2v) is 6.49. The minimum absolute atomic E-state index is 0.0645. The third-order valence-electron chi connectivity index (χ3n) is 3.76. The smallest absolute Gasteiger partial charge is 0.354 e. The predicted molar refractivity (Wildman–Crippen MR) is 98.8 cm³/mol. The molecule has 0 amide bonds. The van der Waals surface area contributed by atoms with Crippen molar-refractivity contribution in [3.8, 4) is 22.6 Å². The molecule has 0 unspecified atom stereocenters. The van der Waals surface area contributed by atoms with Crippen molar-refractivity contribution < 1.29 is 9.90 Å². The van der Waals surface area contributed by atoms with Gasteiger partial charge in [0.05, 0.1) is 0 Å². The van der Waals surface area contributed by atoms with Gasteiger partial charge in [0.2, 0.25) is 0 Å². The van der Waals surface area contributed by atoms with Crippen LogP contribution in [0.5, 0.6) is 0 Å². The molecule has 2 aromatic carbocycles. The Morgan fingerprint density at radius 2 is 1.68 bits per heavy atom. The molecule has 128 valence electrons. The third kappa shape index (κ3) is 3.90. The normalized spacial score (nSPS) is 11.0. The Morgan fingerprint density at radius 3 is 2.24 bits per heavy atom. The average molecular weight is 356 g/mol. The van der Waals surface area contributed by atoms with Gasteiger partial charge in [-0.25, -0.2) is 9.78 Å². The van der Waals surface area contributed by atoms with E-state index in [0.717, 1.165) is 12.1 Å². The molecule has 0 radical (unpaired) electrons. The van der Waals surface area contributed by atoms with Crippen LogP contribution in [0, 0.1) is 0 Å². The number of nitrogens with zero attached hydrogens (tertiary/aromatic N) is 2. The summed E-state index contributed by atoms with van der Waals surface area (Å²) in [5.41, 5.74) is 3.18. The third-order valence-corrected chi connectivity index (χ3v) is 4.01. The van der Waals surface area contributed by atoms with Crippen LogP contribution in [0.4, 0.5) is 0 Å². The number of hydrogen-bond donors (Lipinski definition) is 2. The van der Waals surface area contributed by atoms with E-state index in [-0.39, 0.29) is 5.69 Å². The quantitative estimate of drug-likeness (QED) is 0.721. The summed E-state index contributed by atoms with van der Waals surface area (Å²) in [4.78, 5) is 21.1. The Balaban J connectivity index is 1.99. The highest BCUT2D eigenvalue weighted by Gasteiger charge is 2.18. The number of carbonyl (C=O) groups is 1. The lowest BCUT2D eigenvalue weighted by atomic mass is 10.1. The molecule has 2 N–H and O–H groups in total. The van der Waals surface area contributed by atoms with Crippen LogP contribution >= 0.6 is 11.6 Å². The second-order valence-electron chi connectivity index (χ2n) is 6.06. The number of rotatable bonds is 5. The fourth-order valence-corrected chi connectivity index (χ4v) is 2.74. The van der Waals surface area contributed by atoms with E-state index >= 15 is 0 Å². The zero-order valence-corrected chi connectivity index (χ0v) is 14.7. The number of benzene rings is 2. The summed E-state index contributed by atoms with van der Waals surface area (Å²) in [5, 5.41) is 10.1. The first-order valence-electron chi connectivity index (χ1n) is 7.77. The van der Waals surface area contributed by atoms with Crippen molar-refractivity contribution in [2.75, 3.05) is 14.1 Å². The average Bonchev–Trinajstić information content (AvgIpc) is 3.01. The summed E-state index contributed by atoms with van der Waals surface area (Å²) in [7, 11) is 4.02. The molecule has 6 heteroatoms. The topological polar surface area (TPSA) is 69.2 Å². The Bertz CT molecular complexity index is 884. The molecule has 0 atom stereocenters. The van der Waals surface area contributed by atoms with E-state index < -0.39 is 5.97 Å². The van der Waals surface area contributed by atoms with Gasteiger partial charge in [-0.1, -0.05) is 48.0 Å². The lowest BCUT2D eigenvalue weighted by Crippen LogP contribution is -2.10. The zero-order valence-electron chi connectivity index (χ0n) is 14.0. The van der Waals surface area contributed by atoms with E-state index in [1.807, 2.05) is 38.4 Å². The number of imidazole rings is 1. The minimum Gasteiger partial charge on any atom is -0.477 e. The Kier molecular flexibility index (Phi) is 4.88. The van der Waals surface area contributed by atoms with E-state index in [1.165, 1.54) is 5.56 Å². The van der Waals surface area contributed by atoms with E-state index in [4.69, 9.17) is 11.6 Å². The maximum Gasteiger partial charge on any atom is 0.354 e. The first-order chi connectivity index (χ1) is 11.9. The van der Waals surface area contributed by atoms with Gasteiger partial charge in [-0.2, -0.15) is 0 Å². The maximum absolute atomic E-state index is 11.6. The van der Waals surface area contributed by atoms with Crippen LogP contribution in [0.2, 0.25) is 5.02 Å². The van der Waals surface area contributed by atoms with Gasteiger partial charge in [0.15, 0.2) is 5.69 Å². The van der Waals surface area contributed by atoms with Gasteiger partial charge >= 0.3 is 5.97 Å². The number of aromatic amines is 1. The minimum atomic E-state index is -1.05. The summed E-state index contributed by atoms with van der Waals surface area (Å²) < 4.78 is 0. The van der Waals surface area contributed by atoms with Crippen LogP contribution in [-0.2, 0) is 6.54 Å². The molecule has 0 aliphatic heterocycles. The molecule has 0 aliphatic carbocycles. The summed E-state index contributed by atoms with van der Waals surface area (Å²) in [5.74, 6) is -0.522. The molecule has 3 rings (SSSR count). The van der Waals surface area contributed by atoms with Crippen molar-refractivity contribution in [3.63, 3.8) is 0 Å². The van der Waals surface area contributed by atoms with Crippen molar-refractivity contribution in [3.05, 3.63) is 64.8 Å². The Morgan fingerprint density at radius 1 is 1.08 bits per heavy atom. The van der Waals surface area contributed by atoms with E-state index in [9.17, 15) is 9.90 Å². The highest BCUT2D eigenvalue weighted by molar-refractivity contribution is 6.30. The first kappa shape index (κ1) is 17.2. The van der Waals surface area contributed by atoms with Crippen LogP contribution in [0.1, 0.15) is 16.1 Å². The lowest BCUT2D eigenvalue weighted by molar-refractivity contribution is 0.0692. The number of aromatic carboxylic acids is 1. The summed E-state index contributed by atoms with van der Waals surface area (Å²) in [6, 6.07) is 14.9. The molecule has 0 saturated heterocycles. The standard InChI is InChI=1S/C19H18ClN3O2/c1-23(2)11-12-3-5-14(6-4-12)18-21-16(17(22-18)19(24)25)13-7-9-15(20)10-8-13/h3-10H,11H2,1-2H3,(H,21,22)(H,24,25). The van der Waals surface area contributed by atoms with Crippen LogP contribution in [-0.4, -0.2) is 40.0 Å². The lowest BCUT2D eigenvalue weighted by Gasteiger charge is -2.09. The van der Waals surface area contributed by atoms with Crippen LogP contribution < -0.4 is 0 Å². The molecule has 0 bridgehead atoms. The fraction of sp³-hybridized carbons (Fsp3) is 0.158. The van der Waals surface area contributed by atoms with Gasteiger partial charge < -0.3 is 15.0 Å². The maximum atomic E-state index is 11.6. The monoisotopic (exact) mass is 355 g/mol. The number of halogens is 1. The van der Waals surface area contributed by atoms with Gasteiger partial charge in [0, 0.05) is 22.7 Å². The van der Waals surface area contributed by atoms with Crippen molar-refractivity contribution in [1.29, 1.82) is 0 Å². The molecule has 25 heavy (non-hydrogen) atoms. The number of hydrogen-bond acceptors (Lipinski definition) is 3. The first-order valence-corrected chi connectivity index (χ1v) is 8.15. The highest BCUT2D eigenvalue weighted by atomic mass is 35.5. The van der Waals surface area contributed by atoms with Crippen LogP contribution in [0.15, 0.2) is 48.5 Å². The van der Waals surface area contributed by atoms with Crippen molar-refractivity contribution in [2.45, 2.75) is 6.54 Å². The van der Waals surface area contributed by atoms with Crippen molar-refractivity contribution in [1.82, 2.24) is 14.9 Å². The second kappa shape index (κ2) is 7.09. The molecule has 3 aromatic rings. The van der Waals surface area contributed by atoms with Crippen LogP contribution in [0.25, 0.3) is 22.6 Å². The Hall–Kier alpha value is -2.63. The van der Waals surface area contributed by atoms with Crippen molar-refractivity contribution >= 4 is 17.6 Å². The predicted octanol–water partition coefficient (Wildman–Crippen LogP) is 4.16. The van der Waals surface area contributed by atoms with E-state index in [0.29, 0.717) is 22.1 Å². The largest absolute Gasteiger partial charge is 0.477 e. The summed E-state index contributed by atoms with van der Waals surface area (Å²) >= 11 is 5.91. The summed E-state index contributed by atoms with van der Waals surface area (Å²) in [6.45, 7) is 0.842. The molecular formula is C19H18ClN3O2.